The lowest BCUT2D eigenvalue weighted by molar-refractivity contribution is -0.389. The van der Waals surface area contributed by atoms with Crippen molar-refractivity contribution in [3.63, 3.8) is 0 Å². The van der Waals surface area contributed by atoms with Crippen molar-refractivity contribution in [3.05, 3.63) is 22.2 Å². The van der Waals surface area contributed by atoms with Crippen LogP contribution < -0.4 is 9.47 Å². The van der Waals surface area contributed by atoms with E-state index in [0.717, 1.165) is 12.8 Å². The lowest BCUT2D eigenvalue weighted by Gasteiger charge is -2.18. The number of hydrogen-bond acceptors (Lipinski definition) is 5. The van der Waals surface area contributed by atoms with Gasteiger partial charge in [0, 0.05) is 4.98 Å². The average Bonchev–Trinajstić information content (AvgIpc) is 2.98. The molecule has 1 saturated carbocycles. The Morgan fingerprint density at radius 2 is 2.06 bits per heavy atom. The summed E-state index contributed by atoms with van der Waals surface area (Å²) in [5.74, 6) is 0.401. The molecule has 0 unspecified atom stereocenters. The topological polar surface area (TPSA) is 74.5 Å². The Kier molecular flexibility index (Phi) is 3.11. The van der Waals surface area contributed by atoms with Gasteiger partial charge in [0.2, 0.25) is 0 Å². The van der Waals surface area contributed by atoms with E-state index in [1.807, 2.05) is 20.8 Å². The van der Waals surface area contributed by atoms with Crippen LogP contribution in [0.15, 0.2) is 12.1 Å². The molecular weight excluding hydrogens is 236 g/mol. The molecule has 0 atom stereocenters. The number of hydrogen-bond donors (Lipinski definition) is 0. The summed E-state index contributed by atoms with van der Waals surface area (Å²) in [6.45, 7) is 5.57. The van der Waals surface area contributed by atoms with E-state index in [-0.39, 0.29) is 17.8 Å². The minimum Gasteiger partial charge on any atom is -0.490 e. The molecule has 1 fully saturated rings. The van der Waals surface area contributed by atoms with Crippen molar-refractivity contribution in [1.82, 2.24) is 4.98 Å². The highest BCUT2D eigenvalue weighted by molar-refractivity contribution is 5.37. The van der Waals surface area contributed by atoms with Gasteiger partial charge in [0.25, 0.3) is 0 Å². The molecule has 6 nitrogen and oxygen atoms in total. The Bertz CT molecular complexity index is 464. The molecule has 0 saturated heterocycles. The number of nitro groups is 1. The first-order chi connectivity index (χ1) is 8.33. The maximum absolute atomic E-state index is 10.8. The second-order valence-corrected chi connectivity index (χ2v) is 5.29. The predicted octanol–water partition coefficient (Wildman–Crippen LogP) is 2.71. The average molecular weight is 252 g/mol. The number of aromatic nitrogens is 1. The molecule has 2 rings (SSSR count). The molecule has 1 aliphatic carbocycles. The van der Waals surface area contributed by atoms with Gasteiger partial charge >= 0.3 is 11.7 Å². The summed E-state index contributed by atoms with van der Waals surface area (Å²) in [4.78, 5) is 14.1. The first-order valence-corrected chi connectivity index (χ1v) is 5.86. The Hall–Kier alpha value is -1.85. The Morgan fingerprint density at radius 3 is 2.56 bits per heavy atom. The van der Waals surface area contributed by atoms with Crippen molar-refractivity contribution >= 4 is 5.82 Å². The molecule has 0 N–H and O–H groups in total. The first kappa shape index (κ1) is 12.6. The monoisotopic (exact) mass is 252 g/mol. The van der Waals surface area contributed by atoms with E-state index >= 15 is 0 Å². The zero-order valence-electron chi connectivity index (χ0n) is 10.7. The van der Waals surface area contributed by atoms with E-state index in [1.165, 1.54) is 6.07 Å². The zero-order valence-corrected chi connectivity index (χ0v) is 10.7. The maximum Gasteiger partial charge on any atom is 0.371 e. The summed E-state index contributed by atoms with van der Waals surface area (Å²) < 4.78 is 11.1. The Labute approximate surface area is 105 Å². The van der Waals surface area contributed by atoms with Crippen molar-refractivity contribution in [2.24, 2.45) is 0 Å². The van der Waals surface area contributed by atoms with E-state index in [4.69, 9.17) is 9.47 Å². The van der Waals surface area contributed by atoms with Crippen molar-refractivity contribution < 1.29 is 14.4 Å². The van der Waals surface area contributed by atoms with Gasteiger partial charge in [-0.3, -0.25) is 0 Å². The third-order valence-electron chi connectivity index (χ3n) is 2.19. The number of rotatable bonds is 4. The quantitative estimate of drug-likeness (QED) is 0.608. The summed E-state index contributed by atoms with van der Waals surface area (Å²) in [6.07, 6.45) is 2.16. The van der Waals surface area contributed by atoms with Crippen LogP contribution in [0.4, 0.5) is 5.82 Å². The Balaban J connectivity index is 2.26. The van der Waals surface area contributed by atoms with Crippen LogP contribution >= 0.6 is 0 Å². The third kappa shape index (κ3) is 3.58. The van der Waals surface area contributed by atoms with E-state index in [1.54, 1.807) is 6.07 Å². The molecule has 1 aromatic heterocycles. The van der Waals surface area contributed by atoms with Gasteiger partial charge < -0.3 is 19.6 Å². The van der Waals surface area contributed by atoms with Crippen molar-refractivity contribution in [3.8, 4) is 11.6 Å². The van der Waals surface area contributed by atoms with Crippen LogP contribution in [0.2, 0.25) is 0 Å². The number of nitrogens with zero attached hydrogens (tertiary/aromatic N) is 2. The molecule has 98 valence electrons. The molecule has 1 aliphatic rings. The van der Waals surface area contributed by atoms with Gasteiger partial charge in [0.1, 0.15) is 11.4 Å². The van der Waals surface area contributed by atoms with Gasteiger partial charge in [-0.25, -0.2) is 0 Å². The van der Waals surface area contributed by atoms with Crippen molar-refractivity contribution in [2.45, 2.75) is 45.3 Å². The fraction of sp³-hybridized carbons (Fsp3) is 0.583. The minimum absolute atomic E-state index is 0.175. The summed E-state index contributed by atoms with van der Waals surface area (Å²) >= 11 is 0. The van der Waals surface area contributed by atoms with Crippen LogP contribution in [-0.2, 0) is 0 Å². The van der Waals surface area contributed by atoms with E-state index < -0.39 is 10.5 Å². The van der Waals surface area contributed by atoms with Gasteiger partial charge in [-0.2, -0.15) is 0 Å². The lowest BCUT2D eigenvalue weighted by Crippen LogP contribution is -2.23. The molecule has 0 bridgehead atoms. The molecule has 0 radical (unpaired) electrons. The second-order valence-electron chi connectivity index (χ2n) is 5.29. The van der Waals surface area contributed by atoms with E-state index in [2.05, 4.69) is 4.98 Å². The van der Waals surface area contributed by atoms with Gasteiger partial charge in [-0.15, -0.1) is 0 Å². The minimum atomic E-state index is -0.546. The van der Waals surface area contributed by atoms with Crippen LogP contribution in [0.3, 0.4) is 0 Å². The van der Waals surface area contributed by atoms with Crippen LogP contribution in [0.5, 0.6) is 11.6 Å². The molecule has 18 heavy (non-hydrogen) atoms. The summed E-state index contributed by atoms with van der Waals surface area (Å²) in [5, 5.41) is 10.8. The van der Waals surface area contributed by atoms with Crippen LogP contribution in [0.25, 0.3) is 0 Å². The molecule has 0 aliphatic heterocycles. The summed E-state index contributed by atoms with van der Waals surface area (Å²) in [7, 11) is 0. The van der Waals surface area contributed by atoms with Gasteiger partial charge in [0.15, 0.2) is 0 Å². The SMILES string of the molecule is CC(C)(C)Oc1cc(OC2CC2)cc([N+](=O)[O-])n1. The zero-order chi connectivity index (χ0) is 13.3. The van der Waals surface area contributed by atoms with Gasteiger partial charge in [-0.1, -0.05) is 0 Å². The first-order valence-electron chi connectivity index (χ1n) is 5.86. The normalized spacial score (nSPS) is 15.3. The molecular formula is C12H16N2O4. The molecule has 0 aromatic carbocycles. The predicted molar refractivity (Wildman–Crippen MR) is 64.9 cm³/mol. The van der Waals surface area contributed by atoms with Gasteiger partial charge in [0.05, 0.1) is 18.2 Å². The summed E-state index contributed by atoms with van der Waals surface area (Å²) in [6, 6.07) is 2.92. The largest absolute Gasteiger partial charge is 0.490 e. The highest BCUT2D eigenvalue weighted by Crippen LogP contribution is 2.31. The van der Waals surface area contributed by atoms with Gasteiger partial charge in [-0.05, 0) is 38.5 Å². The summed E-state index contributed by atoms with van der Waals surface area (Å²) in [5.41, 5.74) is -0.459. The van der Waals surface area contributed by atoms with Crippen LogP contribution in [-0.4, -0.2) is 21.6 Å². The molecule has 0 spiro atoms. The lowest BCUT2D eigenvalue weighted by atomic mass is 10.2. The highest BCUT2D eigenvalue weighted by atomic mass is 16.6. The van der Waals surface area contributed by atoms with Crippen LogP contribution in [0, 0.1) is 10.1 Å². The van der Waals surface area contributed by atoms with Crippen molar-refractivity contribution in [2.75, 3.05) is 0 Å². The van der Waals surface area contributed by atoms with E-state index in [9.17, 15) is 10.1 Å². The molecule has 6 heteroatoms. The third-order valence-corrected chi connectivity index (χ3v) is 2.19. The van der Waals surface area contributed by atoms with Crippen LogP contribution in [0.1, 0.15) is 33.6 Å². The smallest absolute Gasteiger partial charge is 0.371 e. The molecule has 0 amide bonds. The maximum atomic E-state index is 10.8. The van der Waals surface area contributed by atoms with Crippen molar-refractivity contribution in [1.29, 1.82) is 0 Å². The fourth-order valence-electron chi connectivity index (χ4n) is 1.37. The molecule has 1 aromatic rings. The second kappa shape index (κ2) is 4.44. The fourth-order valence-corrected chi connectivity index (χ4v) is 1.37. The standard InChI is InChI=1S/C12H16N2O4/c1-12(2,3)18-11-7-9(17-8-4-5-8)6-10(13-11)14(15)16/h6-8H,4-5H2,1-3H3. The molecule has 1 heterocycles. The highest BCUT2D eigenvalue weighted by Gasteiger charge is 2.26. The van der Waals surface area contributed by atoms with E-state index in [0.29, 0.717) is 5.75 Å². The Morgan fingerprint density at radius 1 is 1.39 bits per heavy atom. The number of pyridine rings is 1. The number of ether oxygens (including phenoxy) is 2.